The Morgan fingerprint density at radius 2 is 1.97 bits per heavy atom. The number of fused-ring (bicyclic) bond motifs is 3. The molecule has 0 bridgehead atoms. The van der Waals surface area contributed by atoms with Gasteiger partial charge >= 0.3 is 5.97 Å². The number of rotatable bonds is 7. The van der Waals surface area contributed by atoms with Crippen molar-refractivity contribution in [3.8, 4) is 5.75 Å². The number of amides is 1. The minimum atomic E-state index is -0.948. The number of benzene rings is 1. The van der Waals surface area contributed by atoms with E-state index in [0.29, 0.717) is 33.4 Å². The van der Waals surface area contributed by atoms with Crippen LogP contribution in [0.25, 0.3) is 0 Å². The number of primary amides is 1. The van der Waals surface area contributed by atoms with Crippen LogP contribution in [0.2, 0.25) is 0 Å². The normalized spacial score (nSPS) is 21.8. The molecule has 2 aromatic rings. The van der Waals surface area contributed by atoms with Gasteiger partial charge in [0.25, 0.3) is 0 Å². The summed E-state index contributed by atoms with van der Waals surface area (Å²) in [6.07, 6.45) is -0.00873. The molecule has 0 saturated heterocycles. The van der Waals surface area contributed by atoms with Crippen molar-refractivity contribution in [1.82, 2.24) is 0 Å². The number of aryl methyl sites for hydroxylation is 1. The van der Waals surface area contributed by atoms with E-state index in [9.17, 15) is 14.7 Å². The SMILES string of the molecule is Cc1sc(C(=O)OC[C@H](O)COc2ccc(C(N)=O)cc2)c2c1[C@H]1[C@@H](C2)C1(C)C. The number of ether oxygens (including phenoxy) is 2. The van der Waals surface area contributed by atoms with E-state index in [1.54, 1.807) is 24.3 Å². The summed E-state index contributed by atoms with van der Waals surface area (Å²) in [5.74, 6) is 0.804. The highest BCUT2D eigenvalue weighted by molar-refractivity contribution is 7.14. The fourth-order valence-electron chi connectivity index (χ4n) is 4.49. The van der Waals surface area contributed by atoms with Gasteiger partial charge in [-0.1, -0.05) is 13.8 Å². The highest BCUT2D eigenvalue weighted by Gasteiger charge is 2.63. The maximum Gasteiger partial charge on any atom is 0.348 e. The van der Waals surface area contributed by atoms with Crippen molar-refractivity contribution < 1.29 is 24.2 Å². The maximum absolute atomic E-state index is 12.6. The Hall–Kier alpha value is -2.38. The highest BCUT2D eigenvalue weighted by atomic mass is 32.1. The fourth-order valence-corrected chi connectivity index (χ4v) is 5.62. The van der Waals surface area contributed by atoms with Crippen LogP contribution in [0, 0.1) is 18.3 Å². The van der Waals surface area contributed by atoms with Crippen LogP contribution in [-0.4, -0.2) is 36.3 Å². The fraction of sp³-hybridized carbons (Fsp3) is 0.455. The molecule has 7 heteroatoms. The molecule has 0 aliphatic heterocycles. The summed E-state index contributed by atoms with van der Waals surface area (Å²) in [5, 5.41) is 10.1. The second-order valence-electron chi connectivity index (χ2n) is 8.44. The van der Waals surface area contributed by atoms with Gasteiger partial charge < -0.3 is 20.3 Å². The van der Waals surface area contributed by atoms with Gasteiger partial charge in [-0.25, -0.2) is 4.79 Å². The average Bonchev–Trinajstić information content (AvgIpc) is 3.02. The average molecular weight is 416 g/mol. The van der Waals surface area contributed by atoms with Crippen LogP contribution in [0.3, 0.4) is 0 Å². The Kier molecular flexibility index (Phi) is 4.91. The van der Waals surface area contributed by atoms with Gasteiger partial charge in [0, 0.05) is 10.4 Å². The third-order valence-corrected chi connectivity index (χ3v) is 7.34. The van der Waals surface area contributed by atoms with E-state index >= 15 is 0 Å². The summed E-state index contributed by atoms with van der Waals surface area (Å²) in [6.45, 7) is 6.49. The number of nitrogens with two attached hydrogens (primary N) is 1. The van der Waals surface area contributed by atoms with Crippen molar-refractivity contribution in [1.29, 1.82) is 0 Å². The molecular formula is C22H25NO5S. The van der Waals surface area contributed by atoms with Crippen molar-refractivity contribution in [2.24, 2.45) is 17.1 Å². The molecule has 3 atom stereocenters. The van der Waals surface area contributed by atoms with Crippen LogP contribution in [0.15, 0.2) is 24.3 Å². The molecule has 0 spiro atoms. The number of hydrogen-bond acceptors (Lipinski definition) is 6. The molecule has 29 heavy (non-hydrogen) atoms. The van der Waals surface area contributed by atoms with Gasteiger partial charge in [-0.15, -0.1) is 11.3 Å². The van der Waals surface area contributed by atoms with E-state index in [0.717, 1.165) is 12.0 Å². The Morgan fingerprint density at radius 3 is 2.62 bits per heavy atom. The molecule has 1 amide bonds. The molecule has 0 unspecified atom stereocenters. The molecule has 1 aromatic carbocycles. The van der Waals surface area contributed by atoms with E-state index in [2.05, 4.69) is 20.8 Å². The molecule has 2 aliphatic carbocycles. The zero-order chi connectivity index (χ0) is 20.9. The lowest BCUT2D eigenvalue weighted by Crippen LogP contribution is -2.25. The first kappa shape index (κ1) is 19.9. The van der Waals surface area contributed by atoms with Gasteiger partial charge in [-0.3, -0.25) is 4.79 Å². The van der Waals surface area contributed by atoms with Crippen molar-refractivity contribution in [2.45, 2.75) is 39.2 Å². The van der Waals surface area contributed by atoms with Gasteiger partial charge in [0.1, 0.15) is 29.9 Å². The highest BCUT2D eigenvalue weighted by Crippen LogP contribution is 2.71. The van der Waals surface area contributed by atoms with Gasteiger partial charge in [0.05, 0.1) is 0 Å². The van der Waals surface area contributed by atoms with E-state index in [-0.39, 0.29) is 19.2 Å². The molecule has 4 rings (SSSR count). The first-order valence-corrected chi connectivity index (χ1v) is 10.5. The van der Waals surface area contributed by atoms with Crippen molar-refractivity contribution in [3.05, 3.63) is 50.7 Å². The second kappa shape index (κ2) is 7.15. The topological polar surface area (TPSA) is 98.8 Å². The lowest BCUT2D eigenvalue weighted by atomic mass is 9.95. The number of carbonyl (C=O) groups is 2. The van der Waals surface area contributed by atoms with Crippen molar-refractivity contribution in [3.63, 3.8) is 0 Å². The maximum atomic E-state index is 12.6. The summed E-state index contributed by atoms with van der Waals surface area (Å²) < 4.78 is 10.8. The van der Waals surface area contributed by atoms with Crippen LogP contribution in [0.4, 0.5) is 0 Å². The number of esters is 1. The van der Waals surface area contributed by atoms with E-state index in [4.69, 9.17) is 15.2 Å². The zero-order valence-corrected chi connectivity index (χ0v) is 17.5. The lowest BCUT2D eigenvalue weighted by Gasteiger charge is -2.13. The van der Waals surface area contributed by atoms with E-state index in [1.807, 2.05) is 0 Å². The summed E-state index contributed by atoms with van der Waals surface area (Å²) in [5.41, 5.74) is 8.40. The van der Waals surface area contributed by atoms with Crippen LogP contribution < -0.4 is 10.5 Å². The van der Waals surface area contributed by atoms with Crippen LogP contribution in [-0.2, 0) is 11.2 Å². The van der Waals surface area contributed by atoms with Gasteiger partial charge in [-0.2, -0.15) is 0 Å². The number of hydrogen-bond donors (Lipinski definition) is 2. The minimum Gasteiger partial charge on any atom is -0.491 e. The molecule has 0 radical (unpaired) electrons. The molecule has 1 aromatic heterocycles. The number of carbonyl (C=O) groups excluding carboxylic acids is 2. The number of aliphatic hydroxyl groups is 1. The predicted octanol–water partition coefficient (Wildman–Crippen LogP) is 3.05. The lowest BCUT2D eigenvalue weighted by molar-refractivity contribution is 0.0133. The summed E-state index contributed by atoms with van der Waals surface area (Å²) in [6, 6.07) is 6.30. The Morgan fingerprint density at radius 1 is 1.28 bits per heavy atom. The second-order valence-corrected chi connectivity index (χ2v) is 9.67. The first-order chi connectivity index (χ1) is 13.7. The molecule has 1 heterocycles. The molecule has 3 N–H and O–H groups in total. The van der Waals surface area contributed by atoms with Crippen molar-refractivity contribution >= 4 is 23.2 Å². The smallest absolute Gasteiger partial charge is 0.348 e. The largest absolute Gasteiger partial charge is 0.491 e. The van der Waals surface area contributed by atoms with E-state index in [1.165, 1.54) is 21.8 Å². The monoisotopic (exact) mass is 415 g/mol. The first-order valence-electron chi connectivity index (χ1n) is 9.70. The number of aliphatic hydroxyl groups excluding tert-OH is 1. The summed E-state index contributed by atoms with van der Waals surface area (Å²) >= 11 is 1.50. The summed E-state index contributed by atoms with van der Waals surface area (Å²) in [7, 11) is 0. The standard InChI is InChI=1S/C22H25NO5S/c1-11-17-15(8-16-18(17)22(16,2)3)19(29-11)21(26)28-10-13(24)9-27-14-6-4-12(5-7-14)20(23)25/h4-7,13,16,18,24H,8-10H2,1-3H3,(H2,23,25)/t13-,16-,18-/m1/s1. The zero-order valence-electron chi connectivity index (χ0n) is 16.7. The molecule has 154 valence electrons. The van der Waals surface area contributed by atoms with Crippen LogP contribution in [0.1, 0.15) is 55.8 Å². The van der Waals surface area contributed by atoms with Crippen LogP contribution in [0.5, 0.6) is 5.75 Å². The molecule has 6 nitrogen and oxygen atoms in total. The minimum absolute atomic E-state index is 0.0247. The molecule has 1 fully saturated rings. The molecule has 1 saturated carbocycles. The van der Waals surface area contributed by atoms with Gasteiger partial charge in [0.2, 0.25) is 5.91 Å². The van der Waals surface area contributed by atoms with Gasteiger partial charge in [-0.05, 0) is 66.0 Å². The third kappa shape index (κ3) is 3.53. The Labute approximate surface area is 173 Å². The van der Waals surface area contributed by atoms with Crippen LogP contribution >= 0.6 is 11.3 Å². The van der Waals surface area contributed by atoms with Crippen molar-refractivity contribution in [2.75, 3.05) is 13.2 Å². The molecular weight excluding hydrogens is 390 g/mol. The number of thiophene rings is 1. The summed E-state index contributed by atoms with van der Waals surface area (Å²) in [4.78, 5) is 25.5. The van der Waals surface area contributed by atoms with Gasteiger partial charge in [0.15, 0.2) is 0 Å². The predicted molar refractivity (Wildman–Crippen MR) is 110 cm³/mol. The third-order valence-electron chi connectivity index (χ3n) is 6.19. The quantitative estimate of drug-likeness (QED) is 0.677. The molecule has 2 aliphatic rings. The Bertz CT molecular complexity index is 962. The van der Waals surface area contributed by atoms with E-state index < -0.39 is 12.0 Å². The Balaban J connectivity index is 1.30.